The number of rotatable bonds is 2. The van der Waals surface area contributed by atoms with Gasteiger partial charge in [0.1, 0.15) is 0 Å². The minimum Gasteiger partial charge on any atom is -0.486 e. The zero-order valence-electron chi connectivity index (χ0n) is 24.5. The van der Waals surface area contributed by atoms with E-state index in [4.69, 9.17) is 8.53 Å². The molecule has 0 spiro atoms. The van der Waals surface area contributed by atoms with Gasteiger partial charge in [0.25, 0.3) is 0 Å². The van der Waals surface area contributed by atoms with E-state index in [2.05, 4.69) is 53.1 Å². The van der Waals surface area contributed by atoms with Crippen LogP contribution in [0.2, 0.25) is 0 Å². The van der Waals surface area contributed by atoms with Gasteiger partial charge < -0.3 is 14.4 Å². The zero-order valence-corrected chi connectivity index (χ0v) is 24.7. The molecule has 0 atom stereocenters. The number of hydrogen-bond acceptors (Lipinski definition) is 5. The van der Waals surface area contributed by atoms with Gasteiger partial charge >= 0.3 is 0 Å². The number of nitrogens with zero attached hydrogens (tertiary/aromatic N) is 3. The van der Waals surface area contributed by atoms with Gasteiger partial charge in [-0.1, -0.05) is 29.1 Å². The number of aryl methyl sites for hydroxylation is 4. The first-order valence-electron chi connectivity index (χ1n) is 13.7. The van der Waals surface area contributed by atoms with Crippen LogP contribution in [0.1, 0.15) is 25.8 Å². The molecule has 7 rings (SSSR count). The Kier molecular flexibility index (Phi) is 6.66. The third kappa shape index (κ3) is 5.28. The Morgan fingerprint density at radius 3 is 2.49 bits per heavy atom. The summed E-state index contributed by atoms with van der Waals surface area (Å²) in [5.74, 6) is 0. The largest absolute Gasteiger partial charge is 0.486 e. The summed E-state index contributed by atoms with van der Waals surface area (Å²) in [5, 5.41) is 2.83. The minimum atomic E-state index is -2.27. The maximum Gasteiger partial charge on any atom is 0.216 e. The quantitative estimate of drug-likeness (QED) is 0.169. The molecule has 5 aromatic heterocycles. The molecular weight excluding hydrogens is 679 g/mol. The molecule has 0 amide bonds. The normalized spacial score (nSPS) is 12.3. The summed E-state index contributed by atoms with van der Waals surface area (Å²) in [6.07, 6.45) is 3.76. The van der Waals surface area contributed by atoms with Crippen molar-refractivity contribution in [1.29, 1.82) is 0 Å². The first-order valence-corrected chi connectivity index (χ1v) is 13.0. The van der Waals surface area contributed by atoms with Crippen molar-refractivity contribution < 1.29 is 28.6 Å². The predicted molar refractivity (Wildman–Crippen MR) is 156 cm³/mol. The predicted octanol–water partition coefficient (Wildman–Crippen LogP) is 8.84. The Hall–Kier alpha value is -3.70. The first kappa shape index (κ1) is 23.2. The van der Waals surface area contributed by atoms with Gasteiger partial charge in [0, 0.05) is 52.6 Å². The molecule has 0 unspecified atom stereocenters. The SMILES string of the molecule is Cc1ccc(-c2[c-]cccc2)nc1.[2H]C([2H])([2H])c1ccc2c(n1)oc1c(-c3cc4c(C)c(C)sc4cn3)[c-]ccc12.[Ir]. The molecule has 1 radical (unpaired) electrons. The topological polar surface area (TPSA) is 51.8 Å². The summed E-state index contributed by atoms with van der Waals surface area (Å²) >= 11 is 1.73. The number of furan rings is 1. The molecule has 0 saturated heterocycles. The Labute approximate surface area is 249 Å². The Balaban J connectivity index is 0.000000212. The van der Waals surface area contributed by atoms with Crippen molar-refractivity contribution in [2.24, 2.45) is 0 Å². The van der Waals surface area contributed by atoms with E-state index >= 15 is 0 Å². The van der Waals surface area contributed by atoms with Crippen LogP contribution in [-0.4, -0.2) is 15.0 Å². The summed E-state index contributed by atoms with van der Waals surface area (Å²) in [5.41, 5.74) is 6.92. The van der Waals surface area contributed by atoms with Crippen LogP contribution in [-0.2, 0) is 20.1 Å². The van der Waals surface area contributed by atoms with Gasteiger partial charge in [-0.05, 0) is 67.7 Å². The third-order valence-corrected chi connectivity index (χ3v) is 7.67. The molecule has 195 valence electrons. The first-order chi connectivity index (χ1) is 19.7. The molecular formula is C33H25IrN3OS-2. The average molecular weight is 707 g/mol. The van der Waals surface area contributed by atoms with Crippen LogP contribution >= 0.6 is 11.3 Å². The van der Waals surface area contributed by atoms with Crippen LogP contribution in [0, 0.1) is 39.8 Å². The van der Waals surface area contributed by atoms with Gasteiger partial charge in [-0.15, -0.1) is 65.4 Å². The number of fused-ring (bicyclic) bond motifs is 4. The molecule has 0 fully saturated rings. The van der Waals surface area contributed by atoms with Crippen LogP contribution in [0.25, 0.3) is 54.7 Å². The Morgan fingerprint density at radius 1 is 0.846 bits per heavy atom. The zero-order chi connectivity index (χ0) is 28.7. The molecule has 0 N–H and O–H groups in total. The molecule has 0 aliphatic rings. The van der Waals surface area contributed by atoms with Gasteiger partial charge in [-0.2, -0.15) is 0 Å². The molecule has 0 aliphatic heterocycles. The standard InChI is InChI=1S/C21H15N2OS.C12H10N.Ir/c1-11-7-8-15-14-5-4-6-16(20(14)24-21(15)23-11)18-9-17-12(2)13(3)25-19(17)10-22-18;1-10-7-8-12(13-9-10)11-5-3-2-4-6-11;/h4-5,7-10H,1-3H3;2-5,7-9H,1H3;/q2*-1;/i1D3;;. The summed E-state index contributed by atoms with van der Waals surface area (Å²) in [4.78, 5) is 14.4. The number of pyridine rings is 3. The van der Waals surface area contributed by atoms with Crippen molar-refractivity contribution in [3.63, 3.8) is 0 Å². The van der Waals surface area contributed by atoms with E-state index in [1.807, 2.05) is 61.8 Å². The molecule has 0 bridgehead atoms. The van der Waals surface area contributed by atoms with Gasteiger partial charge in [-0.25, -0.2) is 4.98 Å². The fourth-order valence-corrected chi connectivity index (χ4v) is 5.40. The van der Waals surface area contributed by atoms with Crippen molar-refractivity contribution in [3.8, 4) is 22.5 Å². The average Bonchev–Trinajstić information content (AvgIpc) is 3.49. The third-order valence-electron chi connectivity index (χ3n) is 6.51. The van der Waals surface area contributed by atoms with E-state index in [-0.39, 0.29) is 25.8 Å². The fraction of sp³-hybridized carbons (Fsp3) is 0.121. The van der Waals surface area contributed by atoms with Crippen molar-refractivity contribution in [2.45, 2.75) is 27.6 Å². The second kappa shape index (κ2) is 11.2. The van der Waals surface area contributed by atoms with Gasteiger partial charge in [0.05, 0.1) is 10.3 Å². The monoisotopic (exact) mass is 707 g/mol. The molecule has 7 aromatic rings. The summed E-state index contributed by atoms with van der Waals surface area (Å²) in [6.45, 7) is 3.98. The van der Waals surface area contributed by atoms with Crippen LogP contribution in [0.5, 0.6) is 0 Å². The van der Waals surface area contributed by atoms with Crippen molar-refractivity contribution in [2.75, 3.05) is 0 Å². The van der Waals surface area contributed by atoms with Crippen molar-refractivity contribution in [1.82, 2.24) is 15.0 Å². The van der Waals surface area contributed by atoms with E-state index < -0.39 is 6.85 Å². The summed E-state index contributed by atoms with van der Waals surface area (Å²) in [6, 6.07) is 27.4. The van der Waals surface area contributed by atoms with Gasteiger partial charge in [0.2, 0.25) is 5.71 Å². The van der Waals surface area contributed by atoms with Crippen molar-refractivity contribution >= 4 is 43.5 Å². The van der Waals surface area contributed by atoms with Crippen LogP contribution in [0.4, 0.5) is 0 Å². The summed E-state index contributed by atoms with van der Waals surface area (Å²) in [7, 11) is 0. The number of aromatic nitrogens is 3. The molecule has 5 heterocycles. The van der Waals surface area contributed by atoms with E-state index in [0.717, 1.165) is 38.0 Å². The van der Waals surface area contributed by atoms with Crippen LogP contribution in [0.3, 0.4) is 0 Å². The molecule has 0 aliphatic carbocycles. The molecule has 39 heavy (non-hydrogen) atoms. The molecule has 0 saturated carbocycles. The van der Waals surface area contributed by atoms with Crippen molar-refractivity contribution in [3.05, 3.63) is 113 Å². The fourth-order valence-electron chi connectivity index (χ4n) is 4.38. The number of benzene rings is 2. The van der Waals surface area contributed by atoms with Gasteiger partial charge in [-0.3, -0.25) is 0 Å². The number of hydrogen-bond donors (Lipinski definition) is 0. The smallest absolute Gasteiger partial charge is 0.216 e. The van der Waals surface area contributed by atoms with Crippen LogP contribution in [0.15, 0.2) is 83.5 Å². The van der Waals surface area contributed by atoms with E-state index in [9.17, 15) is 0 Å². The Bertz CT molecular complexity index is 2020. The second-order valence-electron chi connectivity index (χ2n) is 9.09. The van der Waals surface area contributed by atoms with E-state index in [1.54, 1.807) is 17.4 Å². The minimum absolute atomic E-state index is 0. The number of thiophene rings is 1. The second-order valence-corrected chi connectivity index (χ2v) is 10.3. The molecule has 2 aromatic carbocycles. The summed E-state index contributed by atoms with van der Waals surface area (Å²) < 4.78 is 29.9. The maximum absolute atomic E-state index is 7.57. The maximum atomic E-state index is 7.57. The molecule has 6 heteroatoms. The molecule has 4 nitrogen and oxygen atoms in total. The van der Waals surface area contributed by atoms with E-state index in [1.165, 1.54) is 27.5 Å². The van der Waals surface area contributed by atoms with E-state index in [0.29, 0.717) is 11.3 Å². The Morgan fingerprint density at radius 2 is 1.72 bits per heavy atom. The van der Waals surface area contributed by atoms with Crippen LogP contribution < -0.4 is 0 Å². The van der Waals surface area contributed by atoms with Gasteiger partial charge in [0.15, 0.2) is 0 Å².